The lowest BCUT2D eigenvalue weighted by Crippen LogP contribution is -2.28. The molecule has 2 N–H and O–H groups in total. The number of carbonyl (C=O) groups is 1. The van der Waals surface area contributed by atoms with E-state index in [0.29, 0.717) is 0 Å². The number of nitrogens with one attached hydrogen (secondary N) is 2. The van der Waals surface area contributed by atoms with E-state index in [9.17, 15) is 4.79 Å². The first kappa shape index (κ1) is 6.87. The van der Waals surface area contributed by atoms with Gasteiger partial charge in [0.05, 0.1) is 7.05 Å². The molecular weight excluding hydrogens is 108 g/mol. The van der Waals surface area contributed by atoms with Crippen LogP contribution in [0.1, 0.15) is 0 Å². The van der Waals surface area contributed by atoms with Crippen molar-refractivity contribution < 1.29 is 4.79 Å². The Morgan fingerprint density at radius 3 is 2.62 bits per heavy atom. The van der Waals surface area contributed by atoms with E-state index in [1.54, 1.807) is 0 Å². The first-order valence-corrected chi connectivity index (χ1v) is 2.07. The Balaban J connectivity index is 3.25. The maximum absolute atomic E-state index is 10.2. The summed E-state index contributed by atoms with van der Waals surface area (Å²) in [6, 6.07) is -0.365. The van der Waals surface area contributed by atoms with Crippen LogP contribution in [0.4, 0.5) is 4.79 Å². The largest absolute Gasteiger partial charge is 0.340 e. The zero-order chi connectivity index (χ0) is 6.41. The van der Waals surface area contributed by atoms with E-state index >= 15 is 0 Å². The highest BCUT2D eigenvalue weighted by molar-refractivity contribution is 5.72. The molecule has 0 aromatic rings. The molecule has 0 aliphatic carbocycles. The highest BCUT2D eigenvalue weighted by atomic mass is 16.2. The number of nitrogens with zero attached hydrogens (tertiary/aromatic N) is 2. The highest BCUT2D eigenvalue weighted by Crippen LogP contribution is 1.61. The van der Waals surface area contributed by atoms with Crippen molar-refractivity contribution in [1.29, 1.82) is 0 Å². The van der Waals surface area contributed by atoms with E-state index in [4.69, 9.17) is 0 Å². The van der Waals surface area contributed by atoms with Crippen molar-refractivity contribution in [2.75, 3.05) is 14.1 Å². The van der Waals surface area contributed by atoms with Crippen molar-refractivity contribution in [2.45, 2.75) is 0 Å². The number of hydrogen-bond donors (Lipinski definition) is 2. The average molecular weight is 116 g/mol. The Morgan fingerprint density at radius 1 is 1.62 bits per heavy atom. The van der Waals surface area contributed by atoms with Gasteiger partial charge in [0, 0.05) is 7.05 Å². The Kier molecular flexibility index (Phi) is 3.47. The van der Waals surface area contributed by atoms with Gasteiger partial charge in [0.25, 0.3) is 0 Å². The van der Waals surface area contributed by atoms with Crippen LogP contribution in [0.5, 0.6) is 0 Å². The van der Waals surface area contributed by atoms with Crippen LogP contribution in [0.3, 0.4) is 0 Å². The van der Waals surface area contributed by atoms with Crippen molar-refractivity contribution in [3.63, 3.8) is 0 Å². The Morgan fingerprint density at radius 2 is 2.25 bits per heavy atom. The second-order valence-corrected chi connectivity index (χ2v) is 0.991. The van der Waals surface area contributed by atoms with Crippen LogP contribution in [0.15, 0.2) is 10.3 Å². The van der Waals surface area contributed by atoms with Crippen LogP contribution in [-0.2, 0) is 0 Å². The van der Waals surface area contributed by atoms with Crippen LogP contribution < -0.4 is 10.7 Å². The van der Waals surface area contributed by atoms with Gasteiger partial charge in [0.2, 0.25) is 0 Å². The summed E-state index contributed by atoms with van der Waals surface area (Å²) in [7, 11) is 2.97. The van der Waals surface area contributed by atoms with Crippen LogP contribution in [0, 0.1) is 0 Å². The smallest absolute Gasteiger partial charge is 0.336 e. The quantitative estimate of drug-likeness (QED) is 0.365. The molecule has 46 valence electrons. The molecule has 0 spiro atoms. The molecule has 2 amide bonds. The Bertz CT molecular complexity index is 99.5. The number of rotatable bonds is 1. The maximum Gasteiger partial charge on any atom is 0.336 e. The van der Waals surface area contributed by atoms with Crippen molar-refractivity contribution >= 4 is 6.03 Å². The fraction of sp³-hybridized carbons (Fsp3) is 0.667. The van der Waals surface area contributed by atoms with Gasteiger partial charge in [-0.25, -0.2) is 10.2 Å². The maximum atomic E-state index is 10.2. The van der Waals surface area contributed by atoms with E-state index in [1.165, 1.54) is 14.1 Å². The summed E-state index contributed by atoms with van der Waals surface area (Å²) in [6.45, 7) is 0. The van der Waals surface area contributed by atoms with E-state index in [-0.39, 0.29) is 6.03 Å². The number of carbonyl (C=O) groups excluding carboxylic acids is 1. The standard InChI is InChI=1S/C3H8N4O/c1-4-3(8)6-7-5-2/h1-2H3,(H2,4,5,6,8). The normalized spacial score (nSPS) is 9.25. The van der Waals surface area contributed by atoms with Gasteiger partial charge in [-0.3, -0.25) is 0 Å². The predicted molar refractivity (Wildman–Crippen MR) is 28.4 cm³/mol. The summed E-state index contributed by atoms with van der Waals surface area (Å²) in [5, 5.41) is 8.78. The molecule has 5 nitrogen and oxygen atoms in total. The molecule has 0 aliphatic heterocycles. The summed E-state index contributed by atoms with van der Waals surface area (Å²) in [5.41, 5.74) is 2.09. The third-order valence-electron chi connectivity index (χ3n) is 0.479. The molecule has 0 aromatic carbocycles. The Labute approximate surface area is 47.1 Å². The minimum absolute atomic E-state index is 0.365. The van der Waals surface area contributed by atoms with Gasteiger partial charge in [-0.05, 0) is 0 Å². The van der Waals surface area contributed by atoms with Crippen molar-refractivity contribution in [1.82, 2.24) is 10.7 Å². The topological polar surface area (TPSA) is 65.8 Å². The molecule has 0 aromatic heterocycles. The molecule has 0 saturated heterocycles. The summed E-state index contributed by atoms with van der Waals surface area (Å²) < 4.78 is 0. The van der Waals surface area contributed by atoms with Gasteiger partial charge in [-0.15, -0.1) is 0 Å². The predicted octanol–water partition coefficient (Wildman–Crippen LogP) is -0.0876. The molecule has 0 aliphatic rings. The Hall–Kier alpha value is -1.13. The second kappa shape index (κ2) is 4.04. The number of urea groups is 1. The lowest BCUT2D eigenvalue weighted by atomic mass is 11.0. The third-order valence-corrected chi connectivity index (χ3v) is 0.479. The molecule has 8 heavy (non-hydrogen) atoms. The molecule has 0 radical (unpaired) electrons. The summed E-state index contributed by atoms with van der Waals surface area (Å²) in [5.74, 6) is 0. The average Bonchev–Trinajstić information content (AvgIpc) is 1.83. The van der Waals surface area contributed by atoms with E-state index in [2.05, 4.69) is 21.1 Å². The van der Waals surface area contributed by atoms with Crippen molar-refractivity contribution in [3.05, 3.63) is 0 Å². The van der Waals surface area contributed by atoms with Gasteiger partial charge in [0.15, 0.2) is 0 Å². The van der Waals surface area contributed by atoms with Gasteiger partial charge in [-0.1, -0.05) is 5.22 Å². The SMILES string of the molecule is CN=NNC(=O)NC. The fourth-order valence-corrected chi connectivity index (χ4v) is 0.151. The van der Waals surface area contributed by atoms with Crippen molar-refractivity contribution in [3.8, 4) is 0 Å². The lowest BCUT2D eigenvalue weighted by Gasteiger charge is -1.91. The molecule has 0 unspecified atom stereocenters. The van der Waals surface area contributed by atoms with E-state index < -0.39 is 0 Å². The molecule has 0 bridgehead atoms. The molecular formula is C3H8N4O. The van der Waals surface area contributed by atoms with Crippen LogP contribution in [0.25, 0.3) is 0 Å². The molecule has 0 heterocycles. The number of hydrogen-bond acceptors (Lipinski definition) is 3. The van der Waals surface area contributed by atoms with Crippen LogP contribution in [-0.4, -0.2) is 20.1 Å². The summed E-state index contributed by atoms with van der Waals surface area (Å²) in [4.78, 5) is 10.2. The van der Waals surface area contributed by atoms with Crippen LogP contribution >= 0.6 is 0 Å². The van der Waals surface area contributed by atoms with Gasteiger partial charge < -0.3 is 5.32 Å². The lowest BCUT2D eigenvalue weighted by molar-refractivity contribution is 0.242. The molecule has 0 fully saturated rings. The van der Waals surface area contributed by atoms with Crippen LogP contribution in [0.2, 0.25) is 0 Å². The highest BCUT2D eigenvalue weighted by Gasteiger charge is 1.87. The van der Waals surface area contributed by atoms with E-state index in [1.807, 2.05) is 0 Å². The first-order valence-electron chi connectivity index (χ1n) is 2.07. The molecule has 5 heteroatoms. The minimum atomic E-state index is -0.365. The summed E-state index contributed by atoms with van der Waals surface area (Å²) in [6.07, 6.45) is 0. The monoisotopic (exact) mass is 116 g/mol. The molecule has 0 saturated carbocycles. The minimum Gasteiger partial charge on any atom is -0.340 e. The fourth-order valence-electron chi connectivity index (χ4n) is 0.151. The molecule has 0 rings (SSSR count). The zero-order valence-corrected chi connectivity index (χ0v) is 4.80. The van der Waals surface area contributed by atoms with Gasteiger partial charge in [-0.2, -0.15) is 5.11 Å². The summed E-state index contributed by atoms with van der Waals surface area (Å²) >= 11 is 0. The van der Waals surface area contributed by atoms with Crippen molar-refractivity contribution in [2.24, 2.45) is 10.3 Å². The van der Waals surface area contributed by atoms with Gasteiger partial charge in [0.1, 0.15) is 0 Å². The molecule has 0 atom stereocenters. The first-order chi connectivity index (χ1) is 3.81. The second-order valence-electron chi connectivity index (χ2n) is 0.991. The zero-order valence-electron chi connectivity index (χ0n) is 4.80. The number of amides is 2. The third kappa shape index (κ3) is 3.08. The van der Waals surface area contributed by atoms with E-state index in [0.717, 1.165) is 0 Å². The van der Waals surface area contributed by atoms with Gasteiger partial charge >= 0.3 is 6.03 Å².